The quantitative estimate of drug-likeness (QED) is 0.474. The number of hydrogen-bond acceptors (Lipinski definition) is 5. The van der Waals surface area contributed by atoms with E-state index in [1.165, 1.54) is 0 Å². The van der Waals surface area contributed by atoms with E-state index in [-0.39, 0.29) is 23.2 Å². The lowest BCUT2D eigenvalue weighted by Gasteiger charge is -2.13. The van der Waals surface area contributed by atoms with Crippen LogP contribution in [0.4, 0.5) is 0 Å². The average molecular weight is 318 g/mol. The summed E-state index contributed by atoms with van der Waals surface area (Å²) in [4.78, 5) is 11.9. The number of allylic oxidation sites excluding steroid dienone is 1. The fourth-order valence-corrected chi connectivity index (χ4v) is 2.17. The van der Waals surface area contributed by atoms with Crippen LogP contribution in [0.5, 0.6) is 17.2 Å². The van der Waals surface area contributed by atoms with Gasteiger partial charge >= 0.3 is 5.63 Å². The minimum Gasteiger partial charge on any atom is -0.503 e. The Morgan fingerprint density at radius 3 is 2.78 bits per heavy atom. The second-order valence-electron chi connectivity index (χ2n) is 5.38. The molecule has 5 nitrogen and oxygen atoms in total. The number of ether oxygens (including phenoxy) is 2. The van der Waals surface area contributed by atoms with Gasteiger partial charge in [-0.05, 0) is 38.8 Å². The fourth-order valence-electron chi connectivity index (χ4n) is 2.17. The molecule has 1 heterocycles. The Labute approximate surface area is 135 Å². The lowest BCUT2D eigenvalue weighted by Crippen LogP contribution is -2.13. The number of aromatic hydroxyl groups is 1. The smallest absolute Gasteiger partial charge is 0.383 e. The van der Waals surface area contributed by atoms with Crippen molar-refractivity contribution in [2.75, 3.05) is 6.61 Å². The maximum atomic E-state index is 11.9. The highest BCUT2D eigenvalue weighted by Gasteiger charge is 2.19. The summed E-state index contributed by atoms with van der Waals surface area (Å²) < 4.78 is 16.3. The first kappa shape index (κ1) is 16.9. The van der Waals surface area contributed by atoms with Crippen LogP contribution in [-0.2, 0) is 0 Å². The van der Waals surface area contributed by atoms with E-state index in [4.69, 9.17) is 13.9 Å². The molecule has 0 saturated heterocycles. The van der Waals surface area contributed by atoms with Gasteiger partial charge in [0.05, 0.1) is 12.7 Å². The van der Waals surface area contributed by atoms with Gasteiger partial charge in [0, 0.05) is 0 Å². The van der Waals surface area contributed by atoms with E-state index in [0.29, 0.717) is 17.7 Å². The van der Waals surface area contributed by atoms with Crippen LogP contribution in [0, 0.1) is 0 Å². The normalized spacial score (nSPS) is 11.5. The molecule has 0 fully saturated rings. The molecule has 1 aromatic carbocycles. The molecule has 0 atom stereocenters. The maximum Gasteiger partial charge on any atom is 0.383 e. The summed E-state index contributed by atoms with van der Waals surface area (Å²) in [5.41, 5.74) is -0.433. The van der Waals surface area contributed by atoms with Crippen LogP contribution in [0.3, 0.4) is 0 Å². The van der Waals surface area contributed by atoms with Crippen LogP contribution in [0.2, 0.25) is 0 Å². The molecule has 5 heteroatoms. The van der Waals surface area contributed by atoms with Gasteiger partial charge in [-0.15, -0.1) is 0 Å². The van der Waals surface area contributed by atoms with Gasteiger partial charge in [0.1, 0.15) is 16.7 Å². The van der Waals surface area contributed by atoms with Crippen LogP contribution < -0.4 is 15.1 Å². The molecule has 0 amide bonds. The summed E-state index contributed by atoms with van der Waals surface area (Å²) in [6, 6.07) is 5.05. The van der Waals surface area contributed by atoms with Crippen molar-refractivity contribution in [1.29, 1.82) is 0 Å². The molecule has 0 spiro atoms. The zero-order chi connectivity index (χ0) is 16.8. The van der Waals surface area contributed by atoms with E-state index >= 15 is 0 Å². The van der Waals surface area contributed by atoms with Crippen molar-refractivity contribution in [3.8, 4) is 17.2 Å². The SMILES string of the molecule is CC/C=C/CCOc1cccc2oc(=O)c(OC(C)C)c(O)c12. The lowest BCUT2D eigenvalue weighted by atomic mass is 10.2. The van der Waals surface area contributed by atoms with Gasteiger partial charge in [-0.3, -0.25) is 0 Å². The number of fused-ring (bicyclic) bond motifs is 1. The van der Waals surface area contributed by atoms with Gasteiger partial charge < -0.3 is 19.0 Å². The van der Waals surface area contributed by atoms with Crippen LogP contribution in [0.1, 0.15) is 33.6 Å². The van der Waals surface area contributed by atoms with E-state index in [0.717, 1.165) is 12.8 Å². The van der Waals surface area contributed by atoms with Gasteiger partial charge in [-0.25, -0.2) is 4.79 Å². The first-order chi connectivity index (χ1) is 11.0. The summed E-state index contributed by atoms with van der Waals surface area (Å²) in [5, 5.41) is 10.8. The average Bonchev–Trinajstić information content (AvgIpc) is 2.50. The highest BCUT2D eigenvalue weighted by atomic mass is 16.5. The molecule has 2 rings (SSSR count). The van der Waals surface area contributed by atoms with Crippen LogP contribution in [-0.4, -0.2) is 17.8 Å². The summed E-state index contributed by atoms with van der Waals surface area (Å²) in [7, 11) is 0. The minimum absolute atomic E-state index is 0.186. The molecule has 1 N–H and O–H groups in total. The van der Waals surface area contributed by atoms with Gasteiger partial charge in [-0.2, -0.15) is 0 Å². The van der Waals surface area contributed by atoms with Gasteiger partial charge in [0.15, 0.2) is 5.75 Å². The Bertz CT molecular complexity index is 743. The van der Waals surface area contributed by atoms with E-state index in [1.54, 1.807) is 32.0 Å². The van der Waals surface area contributed by atoms with Gasteiger partial charge in [0.2, 0.25) is 5.75 Å². The molecule has 0 unspecified atom stereocenters. The third kappa shape index (κ3) is 4.06. The summed E-state index contributed by atoms with van der Waals surface area (Å²) in [5.74, 6) is 0.0290. The Hall–Kier alpha value is -2.43. The second-order valence-corrected chi connectivity index (χ2v) is 5.38. The van der Waals surface area contributed by atoms with Crippen molar-refractivity contribution in [1.82, 2.24) is 0 Å². The third-order valence-electron chi connectivity index (χ3n) is 3.13. The van der Waals surface area contributed by atoms with Crippen LogP contribution >= 0.6 is 0 Å². The van der Waals surface area contributed by atoms with E-state index in [2.05, 4.69) is 13.0 Å². The van der Waals surface area contributed by atoms with Crippen molar-refractivity contribution in [2.45, 2.75) is 39.7 Å². The molecular weight excluding hydrogens is 296 g/mol. The largest absolute Gasteiger partial charge is 0.503 e. The van der Waals surface area contributed by atoms with Gasteiger partial charge in [-0.1, -0.05) is 25.1 Å². The van der Waals surface area contributed by atoms with Crippen molar-refractivity contribution < 1.29 is 19.0 Å². The maximum absolute atomic E-state index is 11.9. The van der Waals surface area contributed by atoms with E-state index in [9.17, 15) is 9.90 Å². The molecular formula is C18H22O5. The summed E-state index contributed by atoms with van der Waals surface area (Å²) >= 11 is 0. The Kier molecular flexibility index (Phi) is 5.68. The van der Waals surface area contributed by atoms with E-state index in [1.807, 2.05) is 6.08 Å². The molecule has 0 bridgehead atoms. The fraction of sp³-hybridized carbons (Fsp3) is 0.389. The molecule has 2 aromatic rings. The van der Waals surface area contributed by atoms with Crippen molar-refractivity contribution >= 4 is 11.0 Å². The second kappa shape index (κ2) is 7.72. The number of benzene rings is 1. The van der Waals surface area contributed by atoms with E-state index < -0.39 is 5.63 Å². The predicted molar refractivity (Wildman–Crippen MR) is 89.5 cm³/mol. The first-order valence-electron chi connectivity index (χ1n) is 7.77. The van der Waals surface area contributed by atoms with Crippen molar-refractivity contribution in [3.63, 3.8) is 0 Å². The molecule has 0 radical (unpaired) electrons. The topological polar surface area (TPSA) is 68.9 Å². The predicted octanol–water partition coefficient (Wildman–Crippen LogP) is 4.02. The number of rotatable bonds is 7. The van der Waals surface area contributed by atoms with Crippen molar-refractivity contribution in [2.24, 2.45) is 0 Å². The van der Waals surface area contributed by atoms with Crippen molar-refractivity contribution in [3.05, 3.63) is 40.8 Å². The summed E-state index contributed by atoms with van der Waals surface area (Å²) in [6.45, 7) is 6.07. The Balaban J connectivity index is 2.38. The highest BCUT2D eigenvalue weighted by molar-refractivity contribution is 5.91. The Morgan fingerprint density at radius 2 is 2.09 bits per heavy atom. The first-order valence-corrected chi connectivity index (χ1v) is 7.77. The zero-order valence-electron chi connectivity index (χ0n) is 13.7. The third-order valence-corrected chi connectivity index (χ3v) is 3.13. The Morgan fingerprint density at radius 1 is 1.30 bits per heavy atom. The molecule has 124 valence electrons. The monoisotopic (exact) mass is 318 g/mol. The highest BCUT2D eigenvalue weighted by Crippen LogP contribution is 2.38. The molecule has 0 aliphatic carbocycles. The molecule has 0 aliphatic heterocycles. The minimum atomic E-state index is -0.702. The molecule has 0 aliphatic rings. The zero-order valence-corrected chi connectivity index (χ0v) is 13.7. The van der Waals surface area contributed by atoms with Crippen LogP contribution in [0.15, 0.2) is 39.6 Å². The van der Waals surface area contributed by atoms with Gasteiger partial charge in [0.25, 0.3) is 0 Å². The van der Waals surface area contributed by atoms with Crippen LogP contribution in [0.25, 0.3) is 11.0 Å². The molecule has 1 aromatic heterocycles. The molecule has 0 saturated carbocycles. The standard InChI is InChI=1S/C18H22O5/c1-4-5-6-7-11-21-13-9-8-10-14-15(13)16(19)17(18(20)23-14)22-12(2)3/h5-6,8-10,12,19H,4,7,11H2,1-3H3/b6-5+. The lowest BCUT2D eigenvalue weighted by molar-refractivity contribution is 0.221. The molecule has 23 heavy (non-hydrogen) atoms. The summed E-state index contributed by atoms with van der Waals surface area (Å²) in [6.07, 6.45) is 5.59. The number of hydrogen-bond donors (Lipinski definition) is 1.